The van der Waals surface area contributed by atoms with E-state index in [1.165, 1.54) is 0 Å². The van der Waals surface area contributed by atoms with Crippen LogP contribution in [-0.2, 0) is 11.2 Å². The third kappa shape index (κ3) is 2.33. The fourth-order valence-electron chi connectivity index (χ4n) is 3.56. The van der Waals surface area contributed by atoms with Crippen molar-refractivity contribution in [3.63, 3.8) is 0 Å². The van der Waals surface area contributed by atoms with Crippen LogP contribution in [0.2, 0.25) is 0 Å². The van der Waals surface area contributed by atoms with Gasteiger partial charge in [0.25, 0.3) is 0 Å². The van der Waals surface area contributed by atoms with Crippen molar-refractivity contribution in [2.24, 2.45) is 11.8 Å². The molecule has 0 unspecified atom stereocenters. The van der Waals surface area contributed by atoms with Crippen LogP contribution in [0.5, 0.6) is 17.2 Å². The SMILES string of the molecule is CC[C@H]1Cc2c(OC)c(OC)c(C)c(OC)c2[C@H](O)[C@@H]1C=O. The number of fused-ring (bicyclic) bond motifs is 1. The van der Waals surface area contributed by atoms with E-state index in [1.807, 2.05) is 13.8 Å². The summed E-state index contributed by atoms with van der Waals surface area (Å²) in [4.78, 5) is 11.5. The summed E-state index contributed by atoms with van der Waals surface area (Å²) in [7, 11) is 4.73. The predicted molar refractivity (Wildman–Crippen MR) is 82.8 cm³/mol. The highest BCUT2D eigenvalue weighted by atomic mass is 16.5. The van der Waals surface area contributed by atoms with E-state index in [9.17, 15) is 9.90 Å². The van der Waals surface area contributed by atoms with E-state index in [4.69, 9.17) is 14.2 Å². The maximum atomic E-state index is 11.5. The Kier molecular flexibility index (Phi) is 4.96. The lowest BCUT2D eigenvalue weighted by molar-refractivity contribution is -0.117. The molecule has 0 aliphatic heterocycles. The summed E-state index contributed by atoms with van der Waals surface area (Å²) < 4.78 is 16.5. The quantitative estimate of drug-likeness (QED) is 0.846. The average Bonchev–Trinajstić information content (AvgIpc) is 2.53. The lowest BCUT2D eigenvalue weighted by Crippen LogP contribution is -2.31. The molecule has 5 nitrogen and oxygen atoms in total. The third-order valence-corrected chi connectivity index (χ3v) is 4.70. The zero-order valence-electron chi connectivity index (χ0n) is 13.8. The highest BCUT2D eigenvalue weighted by Gasteiger charge is 2.40. The molecule has 0 spiro atoms. The highest BCUT2D eigenvalue weighted by Crippen LogP contribution is 2.52. The van der Waals surface area contributed by atoms with E-state index in [0.717, 1.165) is 23.8 Å². The minimum Gasteiger partial charge on any atom is -0.496 e. The van der Waals surface area contributed by atoms with Gasteiger partial charge in [-0.3, -0.25) is 0 Å². The molecule has 5 heteroatoms. The highest BCUT2D eigenvalue weighted by molar-refractivity contribution is 5.67. The topological polar surface area (TPSA) is 65.0 Å². The molecule has 0 fully saturated rings. The number of methoxy groups -OCH3 is 3. The van der Waals surface area contributed by atoms with Gasteiger partial charge in [0.1, 0.15) is 12.0 Å². The van der Waals surface area contributed by atoms with Gasteiger partial charge in [-0.1, -0.05) is 13.3 Å². The first-order valence-electron chi connectivity index (χ1n) is 7.50. The molecule has 1 aliphatic rings. The molecule has 1 aromatic rings. The summed E-state index contributed by atoms with van der Waals surface area (Å²) >= 11 is 0. The van der Waals surface area contributed by atoms with E-state index in [0.29, 0.717) is 29.2 Å². The van der Waals surface area contributed by atoms with Crippen molar-refractivity contribution in [3.8, 4) is 17.2 Å². The molecule has 1 aliphatic carbocycles. The minimum atomic E-state index is -0.889. The summed E-state index contributed by atoms with van der Waals surface area (Å²) in [6.07, 6.45) is 1.43. The minimum absolute atomic E-state index is 0.0750. The smallest absolute Gasteiger partial charge is 0.167 e. The number of carbonyl (C=O) groups is 1. The van der Waals surface area contributed by atoms with Crippen LogP contribution in [0.15, 0.2) is 0 Å². The lowest BCUT2D eigenvalue weighted by atomic mass is 9.72. The van der Waals surface area contributed by atoms with Crippen LogP contribution < -0.4 is 14.2 Å². The second-order valence-electron chi connectivity index (χ2n) is 5.65. The molecule has 3 atom stereocenters. The Morgan fingerprint density at radius 2 is 1.73 bits per heavy atom. The van der Waals surface area contributed by atoms with Gasteiger partial charge < -0.3 is 24.1 Å². The van der Waals surface area contributed by atoms with E-state index in [2.05, 4.69) is 0 Å². The molecule has 2 rings (SSSR count). The van der Waals surface area contributed by atoms with Gasteiger partial charge in [0.15, 0.2) is 11.5 Å². The molecule has 0 saturated carbocycles. The van der Waals surface area contributed by atoms with Crippen LogP contribution in [0.1, 0.15) is 36.1 Å². The van der Waals surface area contributed by atoms with Crippen LogP contribution in [0.4, 0.5) is 0 Å². The van der Waals surface area contributed by atoms with Gasteiger partial charge >= 0.3 is 0 Å². The summed E-state index contributed by atoms with van der Waals surface area (Å²) in [5.74, 6) is 1.46. The number of hydrogen-bond donors (Lipinski definition) is 1. The number of aliphatic hydroxyl groups excluding tert-OH is 1. The molecule has 0 aromatic heterocycles. The first kappa shape index (κ1) is 16.6. The molecule has 122 valence electrons. The maximum Gasteiger partial charge on any atom is 0.167 e. The number of carbonyl (C=O) groups excluding carboxylic acids is 1. The van der Waals surface area contributed by atoms with E-state index >= 15 is 0 Å². The summed E-state index contributed by atoms with van der Waals surface area (Å²) in [5, 5.41) is 10.7. The zero-order valence-corrected chi connectivity index (χ0v) is 13.8. The Balaban J connectivity index is 2.77. The van der Waals surface area contributed by atoms with Crippen molar-refractivity contribution < 1.29 is 24.1 Å². The maximum absolute atomic E-state index is 11.5. The summed E-state index contributed by atoms with van der Waals surface area (Å²) in [6, 6.07) is 0. The number of ether oxygens (including phenoxy) is 3. The number of aliphatic hydroxyl groups is 1. The van der Waals surface area contributed by atoms with Crippen molar-refractivity contribution in [2.45, 2.75) is 32.8 Å². The Morgan fingerprint density at radius 1 is 1.14 bits per heavy atom. The van der Waals surface area contributed by atoms with Gasteiger partial charge in [-0.2, -0.15) is 0 Å². The van der Waals surface area contributed by atoms with E-state index < -0.39 is 12.0 Å². The predicted octanol–water partition coefficient (Wildman–Crippen LogP) is 2.45. The largest absolute Gasteiger partial charge is 0.496 e. The van der Waals surface area contributed by atoms with Crippen LogP contribution in [0.3, 0.4) is 0 Å². The molecular formula is C17H24O5. The van der Waals surface area contributed by atoms with Crippen LogP contribution in [0, 0.1) is 18.8 Å². The first-order chi connectivity index (χ1) is 10.5. The Hall–Kier alpha value is -1.75. The molecule has 0 bridgehead atoms. The molecule has 0 amide bonds. The van der Waals surface area contributed by atoms with Crippen LogP contribution in [-0.4, -0.2) is 32.7 Å². The van der Waals surface area contributed by atoms with Gasteiger partial charge in [-0.15, -0.1) is 0 Å². The fourth-order valence-corrected chi connectivity index (χ4v) is 3.56. The van der Waals surface area contributed by atoms with E-state index in [-0.39, 0.29) is 5.92 Å². The summed E-state index contributed by atoms with van der Waals surface area (Å²) in [5.41, 5.74) is 2.29. The Bertz CT molecular complexity index is 567. The molecule has 0 radical (unpaired) electrons. The van der Waals surface area contributed by atoms with Crippen molar-refractivity contribution in [2.75, 3.05) is 21.3 Å². The van der Waals surface area contributed by atoms with Gasteiger partial charge in [0, 0.05) is 22.6 Å². The molecular weight excluding hydrogens is 284 g/mol. The average molecular weight is 308 g/mol. The monoisotopic (exact) mass is 308 g/mol. The van der Waals surface area contributed by atoms with Crippen LogP contribution in [0.25, 0.3) is 0 Å². The standard InChI is InChI=1S/C17H24O5/c1-6-10-7-11-13(14(19)12(10)8-18)15(20-3)9(2)16(21-4)17(11)22-5/h8,10,12,14,19H,6-7H2,1-5H3/t10-,12+,14+/m0/s1. The van der Waals surface area contributed by atoms with Crippen molar-refractivity contribution in [1.29, 1.82) is 0 Å². The third-order valence-electron chi connectivity index (χ3n) is 4.70. The number of aldehydes is 1. The second kappa shape index (κ2) is 6.57. The molecule has 1 N–H and O–H groups in total. The second-order valence-corrected chi connectivity index (χ2v) is 5.65. The number of hydrogen-bond acceptors (Lipinski definition) is 5. The number of benzene rings is 1. The van der Waals surface area contributed by atoms with Crippen LogP contribution >= 0.6 is 0 Å². The van der Waals surface area contributed by atoms with Crippen molar-refractivity contribution >= 4 is 6.29 Å². The summed E-state index contributed by atoms with van der Waals surface area (Å²) in [6.45, 7) is 3.88. The fraction of sp³-hybridized carbons (Fsp3) is 0.588. The van der Waals surface area contributed by atoms with Crippen molar-refractivity contribution in [1.82, 2.24) is 0 Å². The van der Waals surface area contributed by atoms with E-state index in [1.54, 1.807) is 21.3 Å². The molecule has 0 saturated heterocycles. The van der Waals surface area contributed by atoms with Gasteiger partial charge in [0.05, 0.1) is 27.4 Å². The Labute approximate surface area is 131 Å². The van der Waals surface area contributed by atoms with Gasteiger partial charge in [0.2, 0.25) is 0 Å². The molecule has 0 heterocycles. The van der Waals surface area contributed by atoms with Crippen molar-refractivity contribution in [3.05, 3.63) is 16.7 Å². The Morgan fingerprint density at radius 3 is 2.18 bits per heavy atom. The molecule has 22 heavy (non-hydrogen) atoms. The lowest BCUT2D eigenvalue weighted by Gasteiger charge is -2.36. The first-order valence-corrected chi connectivity index (χ1v) is 7.50. The zero-order chi connectivity index (χ0) is 16.4. The number of rotatable bonds is 5. The van der Waals surface area contributed by atoms with Gasteiger partial charge in [-0.25, -0.2) is 0 Å². The van der Waals surface area contributed by atoms with Gasteiger partial charge in [-0.05, 0) is 19.3 Å². The normalized spacial score (nSPS) is 23.6. The molecule has 1 aromatic carbocycles.